The molecule has 0 bridgehead atoms. The van der Waals surface area contributed by atoms with E-state index in [0.717, 1.165) is 12.0 Å². The van der Waals surface area contributed by atoms with Crippen molar-refractivity contribution in [3.05, 3.63) is 46.7 Å². The molecule has 2 aromatic rings. The van der Waals surface area contributed by atoms with Crippen molar-refractivity contribution >= 4 is 35.6 Å². The van der Waals surface area contributed by atoms with Crippen LogP contribution < -0.4 is 10.2 Å². The number of piperazine rings is 1. The van der Waals surface area contributed by atoms with Crippen molar-refractivity contribution in [3.63, 3.8) is 0 Å². The first-order chi connectivity index (χ1) is 12.1. The van der Waals surface area contributed by atoms with E-state index >= 15 is 0 Å². The maximum atomic E-state index is 12.3. The Morgan fingerprint density at radius 2 is 1.88 bits per heavy atom. The lowest BCUT2D eigenvalue weighted by molar-refractivity contribution is -0.118. The summed E-state index contributed by atoms with van der Waals surface area (Å²) < 4.78 is 0. The number of rotatable bonds is 4. The number of amides is 2. The normalized spacial score (nSPS) is 14.3. The van der Waals surface area contributed by atoms with Crippen LogP contribution in [0.25, 0.3) is 0 Å². The molecule has 2 amide bonds. The second-order valence-corrected chi connectivity index (χ2v) is 6.23. The van der Waals surface area contributed by atoms with Crippen LogP contribution in [0.2, 0.25) is 5.02 Å². The molecule has 0 spiro atoms. The molecule has 7 nitrogen and oxygen atoms in total. The third kappa shape index (κ3) is 4.06. The van der Waals surface area contributed by atoms with Gasteiger partial charge >= 0.3 is 0 Å². The van der Waals surface area contributed by atoms with Gasteiger partial charge in [0, 0.05) is 49.3 Å². The standard InChI is InChI=1S/C17H18ClN5O2/c1-12-2-3-14(8-15(12)18)21-16(25)13-9-19-17(20-10-13)23-6-4-22(11-24)5-7-23/h2-3,8-11H,4-7H2,1H3,(H,21,25). The smallest absolute Gasteiger partial charge is 0.258 e. The van der Waals surface area contributed by atoms with Crippen LogP contribution in [0.4, 0.5) is 11.6 Å². The summed E-state index contributed by atoms with van der Waals surface area (Å²) in [6.07, 6.45) is 3.85. The highest BCUT2D eigenvalue weighted by molar-refractivity contribution is 6.31. The van der Waals surface area contributed by atoms with Gasteiger partial charge in [0.05, 0.1) is 5.56 Å². The van der Waals surface area contributed by atoms with Crippen molar-refractivity contribution in [2.24, 2.45) is 0 Å². The van der Waals surface area contributed by atoms with E-state index in [0.29, 0.717) is 48.4 Å². The Labute approximate surface area is 150 Å². The van der Waals surface area contributed by atoms with E-state index in [1.165, 1.54) is 12.4 Å². The molecular weight excluding hydrogens is 342 g/mol. The molecule has 1 aliphatic rings. The van der Waals surface area contributed by atoms with Crippen molar-refractivity contribution in [3.8, 4) is 0 Å². The predicted molar refractivity (Wildman–Crippen MR) is 96.0 cm³/mol. The minimum Gasteiger partial charge on any atom is -0.342 e. The van der Waals surface area contributed by atoms with E-state index in [1.807, 2.05) is 17.9 Å². The Morgan fingerprint density at radius 1 is 1.20 bits per heavy atom. The van der Waals surface area contributed by atoms with Gasteiger partial charge in [0.15, 0.2) is 0 Å². The van der Waals surface area contributed by atoms with Gasteiger partial charge in [-0.2, -0.15) is 0 Å². The summed E-state index contributed by atoms with van der Waals surface area (Å²) >= 11 is 6.06. The van der Waals surface area contributed by atoms with Crippen molar-refractivity contribution in [2.75, 3.05) is 36.4 Å². The summed E-state index contributed by atoms with van der Waals surface area (Å²) in [7, 11) is 0. The average molecular weight is 360 g/mol. The van der Waals surface area contributed by atoms with E-state index in [9.17, 15) is 9.59 Å². The molecule has 25 heavy (non-hydrogen) atoms. The Kier molecular flexibility index (Phi) is 5.14. The number of hydrogen-bond donors (Lipinski definition) is 1. The van der Waals surface area contributed by atoms with Crippen LogP contribution in [0, 0.1) is 6.92 Å². The van der Waals surface area contributed by atoms with E-state index in [-0.39, 0.29) is 5.91 Å². The Balaban J connectivity index is 1.64. The van der Waals surface area contributed by atoms with Gasteiger partial charge in [-0.1, -0.05) is 17.7 Å². The molecule has 8 heteroatoms. The van der Waals surface area contributed by atoms with Gasteiger partial charge in [-0.05, 0) is 24.6 Å². The highest BCUT2D eigenvalue weighted by atomic mass is 35.5. The van der Waals surface area contributed by atoms with E-state index in [4.69, 9.17) is 11.6 Å². The fourth-order valence-corrected chi connectivity index (χ4v) is 2.68. The highest BCUT2D eigenvalue weighted by Crippen LogP contribution is 2.20. The molecule has 1 saturated heterocycles. The van der Waals surface area contributed by atoms with Crippen LogP contribution in [-0.4, -0.2) is 53.4 Å². The third-order valence-corrected chi connectivity index (χ3v) is 4.48. The number of anilines is 2. The number of carbonyl (C=O) groups excluding carboxylic acids is 2. The number of aryl methyl sites for hydroxylation is 1. The first-order valence-corrected chi connectivity index (χ1v) is 8.28. The summed E-state index contributed by atoms with van der Waals surface area (Å²) in [4.78, 5) is 35.3. The molecule has 2 heterocycles. The van der Waals surface area contributed by atoms with Crippen LogP contribution in [0.5, 0.6) is 0 Å². The molecule has 0 unspecified atom stereocenters. The molecule has 1 aromatic heterocycles. The van der Waals surface area contributed by atoms with Crippen molar-refractivity contribution in [1.82, 2.24) is 14.9 Å². The Hall–Kier alpha value is -2.67. The Bertz CT molecular complexity index is 773. The lowest BCUT2D eigenvalue weighted by Crippen LogP contribution is -2.46. The highest BCUT2D eigenvalue weighted by Gasteiger charge is 2.18. The van der Waals surface area contributed by atoms with Crippen LogP contribution in [-0.2, 0) is 4.79 Å². The van der Waals surface area contributed by atoms with Crippen LogP contribution in [0.1, 0.15) is 15.9 Å². The summed E-state index contributed by atoms with van der Waals surface area (Å²) in [6, 6.07) is 5.34. The summed E-state index contributed by atoms with van der Waals surface area (Å²) in [5.41, 5.74) is 1.93. The number of hydrogen-bond acceptors (Lipinski definition) is 5. The van der Waals surface area contributed by atoms with E-state index in [2.05, 4.69) is 15.3 Å². The SMILES string of the molecule is Cc1ccc(NC(=O)c2cnc(N3CCN(C=O)CC3)nc2)cc1Cl. The zero-order valence-corrected chi connectivity index (χ0v) is 14.5. The fraction of sp³-hybridized carbons (Fsp3) is 0.294. The average Bonchev–Trinajstić information content (AvgIpc) is 2.65. The van der Waals surface area contributed by atoms with Crippen molar-refractivity contribution < 1.29 is 9.59 Å². The molecule has 130 valence electrons. The zero-order chi connectivity index (χ0) is 17.8. The molecule has 1 aliphatic heterocycles. The van der Waals surface area contributed by atoms with Crippen molar-refractivity contribution in [1.29, 1.82) is 0 Å². The Morgan fingerprint density at radius 3 is 2.48 bits per heavy atom. The first kappa shape index (κ1) is 17.2. The van der Waals surface area contributed by atoms with Gasteiger partial charge < -0.3 is 15.1 Å². The van der Waals surface area contributed by atoms with Gasteiger partial charge in [-0.15, -0.1) is 0 Å². The van der Waals surface area contributed by atoms with E-state index in [1.54, 1.807) is 17.0 Å². The molecule has 1 fully saturated rings. The zero-order valence-electron chi connectivity index (χ0n) is 13.8. The van der Waals surface area contributed by atoms with E-state index < -0.39 is 0 Å². The number of halogens is 1. The van der Waals surface area contributed by atoms with Gasteiger partial charge in [-0.3, -0.25) is 9.59 Å². The second-order valence-electron chi connectivity index (χ2n) is 5.82. The maximum Gasteiger partial charge on any atom is 0.258 e. The summed E-state index contributed by atoms with van der Waals surface area (Å²) in [5, 5.41) is 3.37. The predicted octanol–water partition coefficient (Wildman–Crippen LogP) is 1.97. The second kappa shape index (κ2) is 7.48. The molecular formula is C17H18ClN5O2. The monoisotopic (exact) mass is 359 g/mol. The number of nitrogens with zero attached hydrogens (tertiary/aromatic N) is 4. The number of aromatic nitrogens is 2. The third-order valence-electron chi connectivity index (χ3n) is 4.08. The largest absolute Gasteiger partial charge is 0.342 e. The van der Waals surface area contributed by atoms with Crippen molar-refractivity contribution in [2.45, 2.75) is 6.92 Å². The van der Waals surface area contributed by atoms with Gasteiger partial charge in [0.1, 0.15) is 0 Å². The summed E-state index contributed by atoms with van der Waals surface area (Å²) in [5.74, 6) is 0.262. The fourth-order valence-electron chi connectivity index (χ4n) is 2.50. The van der Waals surface area contributed by atoms with Gasteiger partial charge in [0.25, 0.3) is 5.91 Å². The number of nitrogens with one attached hydrogen (secondary N) is 1. The molecule has 3 rings (SSSR count). The van der Waals surface area contributed by atoms with Gasteiger partial charge in [0.2, 0.25) is 12.4 Å². The molecule has 1 aromatic carbocycles. The minimum atomic E-state index is -0.294. The lowest BCUT2D eigenvalue weighted by atomic mass is 10.2. The first-order valence-electron chi connectivity index (χ1n) is 7.90. The molecule has 0 atom stereocenters. The summed E-state index contributed by atoms with van der Waals surface area (Å²) in [6.45, 7) is 4.53. The van der Waals surface area contributed by atoms with Crippen LogP contribution in [0.15, 0.2) is 30.6 Å². The maximum absolute atomic E-state index is 12.3. The number of benzene rings is 1. The van der Waals surface area contributed by atoms with Gasteiger partial charge in [-0.25, -0.2) is 9.97 Å². The molecule has 0 radical (unpaired) electrons. The molecule has 0 saturated carbocycles. The minimum absolute atomic E-state index is 0.294. The molecule has 0 aliphatic carbocycles. The van der Waals surface area contributed by atoms with Crippen LogP contribution >= 0.6 is 11.6 Å². The topological polar surface area (TPSA) is 78.4 Å². The lowest BCUT2D eigenvalue weighted by Gasteiger charge is -2.32. The quantitative estimate of drug-likeness (QED) is 0.844. The van der Waals surface area contributed by atoms with Crippen LogP contribution in [0.3, 0.4) is 0 Å². The molecule has 1 N–H and O–H groups in total. The number of carbonyl (C=O) groups is 2.